The largest absolute Gasteiger partial charge is 0.292 e. The fourth-order valence-electron chi connectivity index (χ4n) is 4.99. The van der Waals surface area contributed by atoms with E-state index in [4.69, 9.17) is 23.2 Å². The topological polar surface area (TPSA) is 74.8 Å². The maximum atomic E-state index is 13.5. The van der Waals surface area contributed by atoms with Gasteiger partial charge < -0.3 is 0 Å². The molecule has 0 spiro atoms. The van der Waals surface area contributed by atoms with E-state index in [1.807, 2.05) is 12.2 Å². The van der Waals surface area contributed by atoms with E-state index in [0.29, 0.717) is 5.56 Å². The third-order valence-electron chi connectivity index (χ3n) is 6.48. The Morgan fingerprint density at radius 3 is 2.09 bits per heavy atom. The van der Waals surface area contributed by atoms with Crippen molar-refractivity contribution in [2.75, 3.05) is 6.54 Å². The minimum atomic E-state index is -0.671. The molecule has 0 N–H and O–H groups in total. The number of imide groups is 1. The van der Waals surface area contributed by atoms with Crippen LogP contribution in [0, 0.1) is 23.7 Å². The number of carbonyl (C=O) groups is 4. The molecule has 2 aromatic rings. The lowest BCUT2D eigenvalue weighted by molar-refractivity contribution is -0.154. The van der Waals surface area contributed by atoms with Crippen molar-refractivity contribution in [1.82, 2.24) is 10.0 Å². The molecule has 2 bridgehead atoms. The number of rotatable bonds is 5. The lowest BCUT2D eigenvalue weighted by Crippen LogP contribution is -2.52. The fourth-order valence-corrected chi connectivity index (χ4v) is 5.29. The van der Waals surface area contributed by atoms with Gasteiger partial charge in [-0.25, -0.2) is 5.01 Å². The van der Waals surface area contributed by atoms with Crippen molar-refractivity contribution in [2.45, 2.75) is 6.42 Å². The first-order valence-electron chi connectivity index (χ1n) is 10.3. The molecule has 2 aromatic carbocycles. The van der Waals surface area contributed by atoms with Crippen LogP contribution in [0.5, 0.6) is 0 Å². The number of hydrogen-bond donors (Lipinski definition) is 0. The van der Waals surface area contributed by atoms with E-state index in [-0.39, 0.29) is 27.4 Å². The molecule has 0 radical (unpaired) electrons. The third-order valence-corrected chi connectivity index (χ3v) is 7.22. The van der Waals surface area contributed by atoms with Crippen LogP contribution < -0.4 is 0 Å². The van der Waals surface area contributed by atoms with E-state index in [0.717, 1.165) is 16.4 Å². The Morgan fingerprint density at radius 2 is 1.50 bits per heavy atom. The first kappa shape index (κ1) is 20.9. The van der Waals surface area contributed by atoms with Crippen LogP contribution in [0.2, 0.25) is 10.0 Å². The zero-order chi connectivity index (χ0) is 22.6. The van der Waals surface area contributed by atoms with Crippen molar-refractivity contribution in [3.63, 3.8) is 0 Å². The highest BCUT2D eigenvalue weighted by atomic mass is 35.5. The number of ketones is 1. The van der Waals surface area contributed by atoms with Gasteiger partial charge in [0.1, 0.15) is 6.54 Å². The predicted molar refractivity (Wildman–Crippen MR) is 118 cm³/mol. The summed E-state index contributed by atoms with van der Waals surface area (Å²) in [5, 5.41) is 2.26. The molecule has 1 aliphatic heterocycles. The van der Waals surface area contributed by atoms with Crippen LogP contribution in [0.4, 0.5) is 0 Å². The molecule has 6 nitrogen and oxygen atoms in total. The summed E-state index contributed by atoms with van der Waals surface area (Å²) in [6.07, 6.45) is 4.71. The summed E-state index contributed by atoms with van der Waals surface area (Å²) in [6.45, 7) is -0.456. The van der Waals surface area contributed by atoms with Crippen LogP contribution in [0.1, 0.15) is 27.1 Å². The molecule has 3 aliphatic rings. The monoisotopic (exact) mass is 468 g/mol. The van der Waals surface area contributed by atoms with Gasteiger partial charge in [-0.15, -0.1) is 0 Å². The van der Waals surface area contributed by atoms with E-state index in [2.05, 4.69) is 0 Å². The second-order valence-corrected chi connectivity index (χ2v) is 9.08. The number of amides is 3. The molecule has 1 heterocycles. The molecule has 0 unspecified atom stereocenters. The van der Waals surface area contributed by atoms with E-state index in [1.54, 1.807) is 30.3 Å². The first-order valence-corrected chi connectivity index (χ1v) is 11.0. The van der Waals surface area contributed by atoms with Crippen LogP contribution in [-0.2, 0) is 9.59 Å². The average Bonchev–Trinajstić information content (AvgIpc) is 3.48. The maximum Gasteiger partial charge on any atom is 0.273 e. The number of halogens is 2. The number of hydrazine groups is 1. The summed E-state index contributed by atoms with van der Waals surface area (Å²) in [5.41, 5.74) is 0.500. The normalized spacial score (nSPS) is 25.4. The molecule has 5 rings (SSSR count). The Kier molecular flexibility index (Phi) is 5.14. The summed E-state index contributed by atoms with van der Waals surface area (Å²) in [4.78, 5) is 53.1. The van der Waals surface area contributed by atoms with Crippen molar-refractivity contribution in [3.05, 3.63) is 81.9 Å². The zero-order valence-corrected chi connectivity index (χ0v) is 18.3. The average molecular weight is 469 g/mol. The molecule has 162 valence electrons. The van der Waals surface area contributed by atoms with Gasteiger partial charge in [0, 0.05) is 11.1 Å². The van der Waals surface area contributed by atoms with Gasteiger partial charge in [0.2, 0.25) is 0 Å². The number of carbonyl (C=O) groups excluding carboxylic acids is 4. The van der Waals surface area contributed by atoms with Crippen molar-refractivity contribution in [3.8, 4) is 0 Å². The Bertz CT molecular complexity index is 1150. The Hall–Kier alpha value is -2.96. The van der Waals surface area contributed by atoms with Crippen LogP contribution in [0.25, 0.3) is 0 Å². The van der Waals surface area contributed by atoms with Crippen molar-refractivity contribution >= 4 is 46.7 Å². The predicted octanol–water partition coefficient (Wildman–Crippen LogP) is 4.04. The highest BCUT2D eigenvalue weighted by Crippen LogP contribution is 2.52. The number of nitrogens with zero attached hydrogens (tertiary/aromatic N) is 2. The molecule has 2 aliphatic carbocycles. The quantitative estimate of drug-likeness (QED) is 0.377. The number of Topliss-reactive ketones (excluding diaryl/α,β-unsaturated/α-hetero) is 1. The minimum Gasteiger partial charge on any atom is -0.292 e. The number of benzene rings is 2. The number of allylic oxidation sites excluding steroid dienone is 2. The van der Waals surface area contributed by atoms with E-state index in [9.17, 15) is 19.2 Å². The molecule has 0 aromatic heterocycles. The lowest BCUT2D eigenvalue weighted by atomic mass is 9.85. The van der Waals surface area contributed by atoms with Crippen LogP contribution in [-0.4, -0.2) is 40.1 Å². The van der Waals surface area contributed by atoms with Crippen LogP contribution in [0.3, 0.4) is 0 Å². The smallest absolute Gasteiger partial charge is 0.273 e. The summed E-state index contributed by atoms with van der Waals surface area (Å²) >= 11 is 12.1. The summed E-state index contributed by atoms with van der Waals surface area (Å²) < 4.78 is 0. The number of fused-ring (bicyclic) bond motifs is 5. The van der Waals surface area contributed by atoms with E-state index >= 15 is 0 Å². The van der Waals surface area contributed by atoms with Gasteiger partial charge in [-0.05, 0) is 36.5 Å². The van der Waals surface area contributed by atoms with Gasteiger partial charge in [-0.2, -0.15) is 5.01 Å². The number of hydrogen-bond acceptors (Lipinski definition) is 4. The van der Waals surface area contributed by atoms with Gasteiger partial charge in [-0.1, -0.05) is 65.7 Å². The fraction of sp³-hybridized carbons (Fsp3) is 0.250. The Labute approximate surface area is 194 Å². The highest BCUT2D eigenvalue weighted by Gasteiger charge is 2.61. The van der Waals surface area contributed by atoms with E-state index in [1.165, 1.54) is 18.2 Å². The molecule has 3 amide bonds. The minimum absolute atomic E-state index is 0.0156. The molecule has 32 heavy (non-hydrogen) atoms. The molecule has 8 heteroatoms. The standard InChI is InChI=1S/C24H18Cl2N2O4/c25-17-9-8-16(11-18(17)26)22(30)27(12-19(29)13-4-2-1-3-5-13)28-23(31)20-14-6-7-15(10-14)21(20)24(28)32/h1-9,11,14-15,20-21H,10,12H2/t14-,15-,20-,21-/m0/s1. The maximum absolute atomic E-state index is 13.5. The Balaban J connectivity index is 1.51. The van der Waals surface area contributed by atoms with Gasteiger partial charge in [0.25, 0.3) is 17.7 Å². The molecule has 4 atom stereocenters. The van der Waals surface area contributed by atoms with Gasteiger partial charge in [0.05, 0.1) is 21.9 Å². The first-order chi connectivity index (χ1) is 15.4. The highest BCUT2D eigenvalue weighted by molar-refractivity contribution is 6.42. The second kappa shape index (κ2) is 7.87. The van der Waals surface area contributed by atoms with E-state index < -0.39 is 41.9 Å². The molecule has 1 saturated carbocycles. The van der Waals surface area contributed by atoms with Crippen molar-refractivity contribution in [2.24, 2.45) is 23.7 Å². The van der Waals surface area contributed by atoms with Crippen LogP contribution in [0.15, 0.2) is 60.7 Å². The lowest BCUT2D eigenvalue weighted by Gasteiger charge is -2.31. The summed E-state index contributed by atoms with van der Waals surface area (Å²) in [7, 11) is 0. The summed E-state index contributed by atoms with van der Waals surface area (Å²) in [6, 6.07) is 12.7. The van der Waals surface area contributed by atoms with Gasteiger partial charge >= 0.3 is 0 Å². The Morgan fingerprint density at radius 1 is 0.875 bits per heavy atom. The van der Waals surface area contributed by atoms with Gasteiger partial charge in [-0.3, -0.25) is 19.2 Å². The van der Waals surface area contributed by atoms with Crippen molar-refractivity contribution in [1.29, 1.82) is 0 Å². The molecular weight excluding hydrogens is 451 g/mol. The van der Waals surface area contributed by atoms with Gasteiger partial charge in [0.15, 0.2) is 5.78 Å². The zero-order valence-electron chi connectivity index (χ0n) is 16.8. The molecular formula is C24H18Cl2N2O4. The summed E-state index contributed by atoms with van der Waals surface area (Å²) in [5.74, 6) is -2.96. The van der Waals surface area contributed by atoms with Crippen LogP contribution >= 0.6 is 23.2 Å². The van der Waals surface area contributed by atoms with Crippen molar-refractivity contribution < 1.29 is 19.2 Å². The SMILES string of the molecule is O=C(CN(C(=O)c1ccc(Cl)c(Cl)c1)N1C(=O)[C@@H]2[C@@H](C1=O)[C@H]1C=C[C@H]2C1)c1ccccc1. The molecule has 1 saturated heterocycles. The molecule has 2 fully saturated rings. The second-order valence-electron chi connectivity index (χ2n) is 8.27. The third kappa shape index (κ3) is 3.26.